The monoisotopic (exact) mass is 422 g/mol. The fourth-order valence-corrected chi connectivity index (χ4v) is 3.81. The first-order valence-corrected chi connectivity index (χ1v) is 9.63. The van der Waals surface area contributed by atoms with Gasteiger partial charge in [0, 0.05) is 39.3 Å². The zero-order chi connectivity index (χ0) is 18.8. The van der Waals surface area contributed by atoms with Crippen LogP contribution >= 0.6 is 15.9 Å². The maximum absolute atomic E-state index is 13.0. The highest BCUT2D eigenvalue weighted by molar-refractivity contribution is 9.10. The quantitative estimate of drug-likeness (QED) is 0.760. The third-order valence-corrected chi connectivity index (χ3v) is 6.07. The summed E-state index contributed by atoms with van der Waals surface area (Å²) in [6, 6.07) is 6.95. The third-order valence-electron chi connectivity index (χ3n) is 5.12. The van der Waals surface area contributed by atoms with Crippen LogP contribution in [0.4, 0.5) is 4.39 Å². The molecule has 0 spiro atoms. The summed E-state index contributed by atoms with van der Waals surface area (Å²) >= 11 is 3.48. The highest BCUT2D eigenvalue weighted by Crippen LogP contribution is 2.23. The van der Waals surface area contributed by atoms with Crippen molar-refractivity contribution in [2.45, 2.75) is 26.3 Å². The highest BCUT2D eigenvalue weighted by Gasteiger charge is 2.29. The maximum atomic E-state index is 13.0. The van der Waals surface area contributed by atoms with E-state index in [1.54, 1.807) is 4.68 Å². The van der Waals surface area contributed by atoms with E-state index in [1.807, 2.05) is 31.0 Å². The molecule has 0 N–H and O–H groups in total. The van der Waals surface area contributed by atoms with E-state index >= 15 is 0 Å². The molecule has 7 heteroatoms. The first-order valence-electron chi connectivity index (χ1n) is 8.83. The number of nitrogens with zero attached hydrogens (tertiary/aromatic N) is 4. The Morgan fingerprint density at radius 2 is 2.00 bits per heavy atom. The molecule has 26 heavy (non-hydrogen) atoms. The van der Waals surface area contributed by atoms with Crippen LogP contribution in [0.5, 0.6) is 0 Å². The highest BCUT2D eigenvalue weighted by atomic mass is 79.9. The molecule has 140 valence electrons. The van der Waals surface area contributed by atoms with Crippen molar-refractivity contribution in [3.63, 3.8) is 0 Å². The predicted molar refractivity (Wildman–Crippen MR) is 103 cm³/mol. The van der Waals surface area contributed by atoms with Gasteiger partial charge in [0.25, 0.3) is 5.91 Å². The summed E-state index contributed by atoms with van der Waals surface area (Å²) < 4.78 is 15.5. The molecule has 1 aromatic heterocycles. The molecule has 1 aromatic carbocycles. The van der Waals surface area contributed by atoms with Gasteiger partial charge < -0.3 is 4.90 Å². The van der Waals surface area contributed by atoms with Gasteiger partial charge >= 0.3 is 0 Å². The lowest BCUT2D eigenvalue weighted by molar-refractivity contribution is 0.0511. The lowest BCUT2D eigenvalue weighted by Gasteiger charge is -2.39. The van der Waals surface area contributed by atoms with Crippen molar-refractivity contribution < 1.29 is 9.18 Å². The zero-order valence-electron chi connectivity index (χ0n) is 15.4. The Morgan fingerprint density at radius 1 is 1.31 bits per heavy atom. The molecule has 1 amide bonds. The predicted octanol–water partition coefficient (Wildman–Crippen LogP) is 3.02. The molecule has 2 heterocycles. The van der Waals surface area contributed by atoms with Crippen molar-refractivity contribution in [2.75, 3.05) is 26.2 Å². The molecule has 0 radical (unpaired) electrons. The minimum Gasteiger partial charge on any atom is -0.334 e. The lowest BCUT2D eigenvalue weighted by Crippen LogP contribution is -2.54. The van der Waals surface area contributed by atoms with Crippen LogP contribution in [0.1, 0.15) is 28.7 Å². The van der Waals surface area contributed by atoms with Crippen molar-refractivity contribution >= 4 is 21.8 Å². The van der Waals surface area contributed by atoms with Crippen LogP contribution in [0.2, 0.25) is 0 Å². The molecule has 0 bridgehead atoms. The molecule has 1 saturated heterocycles. The van der Waals surface area contributed by atoms with Gasteiger partial charge in [-0.3, -0.25) is 14.4 Å². The van der Waals surface area contributed by atoms with Crippen LogP contribution in [0.3, 0.4) is 0 Å². The second-order valence-corrected chi connectivity index (χ2v) is 7.68. The van der Waals surface area contributed by atoms with Crippen molar-refractivity contribution in [2.24, 2.45) is 7.05 Å². The number of carbonyl (C=O) groups is 1. The summed E-state index contributed by atoms with van der Waals surface area (Å²) in [4.78, 5) is 17.1. The van der Waals surface area contributed by atoms with Gasteiger partial charge in [0.1, 0.15) is 5.82 Å². The number of halogens is 2. The fraction of sp³-hybridized carbons (Fsp3) is 0.474. The van der Waals surface area contributed by atoms with Crippen molar-refractivity contribution in [3.05, 3.63) is 51.5 Å². The summed E-state index contributed by atoms with van der Waals surface area (Å²) in [5.74, 6) is -0.226. The summed E-state index contributed by atoms with van der Waals surface area (Å²) in [6.07, 6.45) is 0.879. The van der Waals surface area contributed by atoms with Gasteiger partial charge in [0.2, 0.25) is 0 Å². The average molecular weight is 423 g/mol. The van der Waals surface area contributed by atoms with Crippen LogP contribution in [-0.2, 0) is 13.5 Å². The topological polar surface area (TPSA) is 41.4 Å². The van der Waals surface area contributed by atoms with E-state index in [0.717, 1.165) is 35.2 Å². The van der Waals surface area contributed by atoms with Crippen molar-refractivity contribution in [1.29, 1.82) is 0 Å². The number of hydrogen-bond donors (Lipinski definition) is 0. The minimum atomic E-state index is -0.204. The van der Waals surface area contributed by atoms with E-state index in [4.69, 9.17) is 0 Å². The summed E-state index contributed by atoms with van der Waals surface area (Å²) in [5, 5.41) is 4.35. The number of benzene rings is 1. The molecule has 1 atom stereocenters. The first-order chi connectivity index (χ1) is 12.4. The molecular formula is C19H24BrFN4O. The standard InChI is InChI=1S/C19H24BrFN4O/c1-13-12-25(19(26)18-17(20)14(2)23(3)22-18)11-10-24(13)9-8-15-4-6-16(21)7-5-15/h4-7,13H,8-12H2,1-3H3. The lowest BCUT2D eigenvalue weighted by atomic mass is 10.1. The second kappa shape index (κ2) is 7.88. The number of rotatable bonds is 4. The van der Waals surface area contributed by atoms with Gasteiger partial charge in [-0.2, -0.15) is 5.10 Å². The number of aromatic nitrogens is 2. The second-order valence-electron chi connectivity index (χ2n) is 6.88. The number of hydrogen-bond acceptors (Lipinski definition) is 3. The van der Waals surface area contributed by atoms with Gasteiger partial charge in [0.15, 0.2) is 5.69 Å². The average Bonchev–Trinajstić information content (AvgIpc) is 2.89. The van der Waals surface area contributed by atoms with E-state index in [9.17, 15) is 9.18 Å². The number of piperazine rings is 1. The van der Waals surface area contributed by atoms with Crippen LogP contribution in [0.15, 0.2) is 28.7 Å². The van der Waals surface area contributed by atoms with Crippen LogP contribution in [0, 0.1) is 12.7 Å². The molecule has 2 aromatic rings. The molecule has 1 unspecified atom stereocenters. The minimum absolute atomic E-state index is 0.0226. The van der Waals surface area contributed by atoms with E-state index in [1.165, 1.54) is 12.1 Å². The Bertz CT molecular complexity index is 790. The van der Waals surface area contributed by atoms with Crippen LogP contribution < -0.4 is 0 Å². The smallest absolute Gasteiger partial charge is 0.275 e. The fourth-order valence-electron chi connectivity index (χ4n) is 3.30. The number of carbonyl (C=O) groups excluding carboxylic acids is 1. The zero-order valence-corrected chi connectivity index (χ0v) is 17.0. The molecule has 1 fully saturated rings. The van der Waals surface area contributed by atoms with Crippen molar-refractivity contribution in [3.8, 4) is 0 Å². The summed E-state index contributed by atoms with van der Waals surface area (Å²) in [7, 11) is 1.84. The normalized spacial score (nSPS) is 18.3. The Hall–Kier alpha value is -1.73. The molecule has 1 aliphatic heterocycles. The van der Waals surface area contributed by atoms with E-state index in [-0.39, 0.29) is 17.8 Å². The summed E-state index contributed by atoms with van der Waals surface area (Å²) in [6.45, 7) is 7.18. The van der Waals surface area contributed by atoms with Gasteiger partial charge in [-0.05, 0) is 53.9 Å². The molecule has 3 rings (SSSR count). The van der Waals surface area contributed by atoms with E-state index in [2.05, 4.69) is 32.9 Å². The van der Waals surface area contributed by atoms with E-state index < -0.39 is 0 Å². The number of amides is 1. The number of aryl methyl sites for hydroxylation is 1. The maximum Gasteiger partial charge on any atom is 0.275 e. The molecule has 0 aliphatic carbocycles. The third kappa shape index (κ3) is 3.99. The van der Waals surface area contributed by atoms with Gasteiger partial charge in [-0.25, -0.2) is 4.39 Å². The molecule has 5 nitrogen and oxygen atoms in total. The SMILES string of the molecule is Cc1c(Br)c(C(=O)N2CCN(CCc3ccc(F)cc3)C(C)C2)nn1C. The Morgan fingerprint density at radius 3 is 2.58 bits per heavy atom. The molecular weight excluding hydrogens is 399 g/mol. The van der Waals surface area contributed by atoms with Crippen LogP contribution in [0.25, 0.3) is 0 Å². The Kier molecular flexibility index (Phi) is 5.77. The molecule has 0 saturated carbocycles. The van der Waals surface area contributed by atoms with Crippen molar-refractivity contribution in [1.82, 2.24) is 19.6 Å². The molecule has 1 aliphatic rings. The van der Waals surface area contributed by atoms with Gasteiger partial charge in [0.05, 0.1) is 10.2 Å². The first kappa shape index (κ1) is 19.0. The Balaban J connectivity index is 1.58. The van der Waals surface area contributed by atoms with E-state index in [0.29, 0.717) is 18.8 Å². The Labute approximate surface area is 161 Å². The van der Waals surface area contributed by atoms with Gasteiger partial charge in [-0.15, -0.1) is 0 Å². The van der Waals surface area contributed by atoms with Gasteiger partial charge in [-0.1, -0.05) is 12.1 Å². The largest absolute Gasteiger partial charge is 0.334 e. The summed E-state index contributed by atoms with van der Waals surface area (Å²) in [5.41, 5.74) is 2.56. The van der Waals surface area contributed by atoms with Crippen LogP contribution in [-0.4, -0.2) is 57.7 Å².